The van der Waals surface area contributed by atoms with Crippen molar-refractivity contribution in [2.75, 3.05) is 0 Å². The number of fused-ring (bicyclic) bond motifs is 1. The minimum absolute atomic E-state index is 0.127. The zero-order valence-electron chi connectivity index (χ0n) is 5.84. The van der Waals surface area contributed by atoms with Gasteiger partial charge in [0.05, 0.1) is 4.70 Å². The van der Waals surface area contributed by atoms with E-state index in [9.17, 15) is 9.50 Å². The molecule has 0 bridgehead atoms. The van der Waals surface area contributed by atoms with Gasteiger partial charge in [-0.1, -0.05) is 0 Å². The summed E-state index contributed by atoms with van der Waals surface area (Å²) in [6, 6.07) is 2.62. The van der Waals surface area contributed by atoms with Crippen LogP contribution < -0.4 is 0 Å². The van der Waals surface area contributed by atoms with Crippen molar-refractivity contribution in [1.29, 1.82) is 0 Å². The van der Waals surface area contributed by atoms with E-state index < -0.39 is 0 Å². The number of phenols is 1. The van der Waals surface area contributed by atoms with Gasteiger partial charge in [0.15, 0.2) is 0 Å². The number of rotatable bonds is 0. The lowest BCUT2D eigenvalue weighted by Crippen LogP contribution is -1.74. The number of phenolic OH excluding ortho intramolecular Hbond substituents is 1. The Bertz CT molecular complexity index is 438. The summed E-state index contributed by atoms with van der Waals surface area (Å²) in [4.78, 5) is 0. The molecule has 0 saturated heterocycles. The number of benzene rings is 1. The molecule has 0 radical (unpaired) electrons. The molecule has 2 aromatic rings. The standard InChI is InChI=1S/C8H4BrFOS/c9-4-3-12-8-6(11)2-1-5(10)7(4)8/h1-3,11H. The molecule has 0 amide bonds. The first-order chi connectivity index (χ1) is 5.70. The van der Waals surface area contributed by atoms with Gasteiger partial charge in [-0.25, -0.2) is 4.39 Å². The lowest BCUT2D eigenvalue weighted by Gasteiger charge is -1.95. The third kappa shape index (κ3) is 1.03. The van der Waals surface area contributed by atoms with Crippen LogP contribution in [0.25, 0.3) is 10.1 Å². The minimum Gasteiger partial charge on any atom is -0.506 e. The molecule has 1 aromatic heterocycles. The smallest absolute Gasteiger partial charge is 0.133 e. The summed E-state index contributed by atoms with van der Waals surface area (Å²) >= 11 is 4.53. The molecule has 1 heterocycles. The Morgan fingerprint density at radius 3 is 2.83 bits per heavy atom. The number of hydrogen-bond donors (Lipinski definition) is 1. The molecule has 12 heavy (non-hydrogen) atoms. The van der Waals surface area contributed by atoms with Gasteiger partial charge in [0.25, 0.3) is 0 Å². The number of halogens is 2. The first-order valence-electron chi connectivity index (χ1n) is 3.24. The molecule has 0 aliphatic heterocycles. The predicted octanol–water partition coefficient (Wildman–Crippen LogP) is 3.51. The molecule has 0 spiro atoms. The summed E-state index contributed by atoms with van der Waals surface area (Å²) in [5, 5.41) is 11.5. The van der Waals surface area contributed by atoms with Crippen molar-refractivity contribution in [3.63, 3.8) is 0 Å². The van der Waals surface area contributed by atoms with Crippen LogP contribution >= 0.6 is 27.3 Å². The van der Waals surface area contributed by atoms with Crippen molar-refractivity contribution in [1.82, 2.24) is 0 Å². The van der Waals surface area contributed by atoms with Crippen LogP contribution in [0, 0.1) is 5.82 Å². The highest BCUT2D eigenvalue weighted by molar-refractivity contribution is 9.10. The summed E-state index contributed by atoms with van der Waals surface area (Å²) < 4.78 is 14.4. The summed E-state index contributed by atoms with van der Waals surface area (Å²) in [6.45, 7) is 0. The average molecular weight is 247 g/mol. The van der Waals surface area contributed by atoms with Crippen LogP contribution in [0.5, 0.6) is 5.75 Å². The van der Waals surface area contributed by atoms with Crippen LogP contribution in [0.2, 0.25) is 0 Å². The Morgan fingerprint density at radius 1 is 1.42 bits per heavy atom. The second kappa shape index (κ2) is 2.71. The molecule has 2 rings (SSSR count). The molecule has 0 saturated carbocycles. The maximum Gasteiger partial charge on any atom is 0.133 e. The average Bonchev–Trinajstić information content (AvgIpc) is 2.42. The minimum atomic E-state index is -0.309. The van der Waals surface area contributed by atoms with Gasteiger partial charge in [0, 0.05) is 15.2 Å². The van der Waals surface area contributed by atoms with Crippen molar-refractivity contribution in [3.05, 3.63) is 27.8 Å². The molecule has 62 valence electrons. The monoisotopic (exact) mass is 246 g/mol. The molecular formula is C8H4BrFOS. The van der Waals surface area contributed by atoms with E-state index in [1.165, 1.54) is 23.5 Å². The van der Waals surface area contributed by atoms with E-state index in [4.69, 9.17) is 0 Å². The number of hydrogen-bond acceptors (Lipinski definition) is 2. The van der Waals surface area contributed by atoms with E-state index in [-0.39, 0.29) is 11.6 Å². The summed E-state index contributed by atoms with van der Waals surface area (Å²) in [6.07, 6.45) is 0. The number of thiophene rings is 1. The highest BCUT2D eigenvalue weighted by Crippen LogP contribution is 2.37. The van der Waals surface area contributed by atoms with Gasteiger partial charge in [0.1, 0.15) is 11.6 Å². The molecule has 0 unspecified atom stereocenters. The lowest BCUT2D eigenvalue weighted by molar-refractivity contribution is 0.481. The SMILES string of the molecule is Oc1ccc(F)c2c(Br)csc12. The topological polar surface area (TPSA) is 20.2 Å². The highest BCUT2D eigenvalue weighted by Gasteiger charge is 2.09. The Morgan fingerprint density at radius 2 is 2.17 bits per heavy atom. The van der Waals surface area contributed by atoms with Crippen molar-refractivity contribution in [2.24, 2.45) is 0 Å². The molecule has 4 heteroatoms. The van der Waals surface area contributed by atoms with E-state index in [0.717, 1.165) is 0 Å². The maximum atomic E-state index is 13.1. The molecule has 1 N–H and O–H groups in total. The van der Waals surface area contributed by atoms with E-state index in [1.54, 1.807) is 5.38 Å². The van der Waals surface area contributed by atoms with Crippen molar-refractivity contribution in [3.8, 4) is 5.75 Å². The van der Waals surface area contributed by atoms with E-state index in [2.05, 4.69) is 15.9 Å². The molecule has 1 aromatic carbocycles. The molecule has 0 fully saturated rings. The Balaban J connectivity index is 2.98. The Hall–Kier alpha value is -0.610. The quantitative estimate of drug-likeness (QED) is 0.755. The second-order valence-corrected chi connectivity index (χ2v) is 4.09. The predicted molar refractivity (Wildman–Crippen MR) is 51.1 cm³/mol. The van der Waals surface area contributed by atoms with Crippen LogP contribution in [-0.2, 0) is 0 Å². The van der Waals surface area contributed by atoms with Gasteiger partial charge in [-0.2, -0.15) is 0 Å². The normalized spacial score (nSPS) is 10.8. The maximum absolute atomic E-state index is 13.1. The largest absolute Gasteiger partial charge is 0.506 e. The zero-order valence-corrected chi connectivity index (χ0v) is 8.25. The molecule has 0 atom stereocenters. The molecule has 1 nitrogen and oxygen atoms in total. The van der Waals surface area contributed by atoms with Gasteiger partial charge in [-0.15, -0.1) is 11.3 Å². The second-order valence-electron chi connectivity index (χ2n) is 2.35. The first-order valence-corrected chi connectivity index (χ1v) is 4.91. The van der Waals surface area contributed by atoms with Crippen LogP contribution in [0.4, 0.5) is 4.39 Å². The van der Waals surface area contributed by atoms with Gasteiger partial charge in [-0.3, -0.25) is 0 Å². The van der Waals surface area contributed by atoms with Crippen LogP contribution in [0.15, 0.2) is 22.0 Å². The van der Waals surface area contributed by atoms with Gasteiger partial charge < -0.3 is 5.11 Å². The van der Waals surface area contributed by atoms with Gasteiger partial charge in [-0.05, 0) is 28.1 Å². The van der Waals surface area contributed by atoms with Gasteiger partial charge >= 0.3 is 0 Å². The Labute approximate surface area is 80.6 Å². The fraction of sp³-hybridized carbons (Fsp3) is 0. The summed E-state index contributed by atoms with van der Waals surface area (Å²) in [7, 11) is 0. The van der Waals surface area contributed by atoms with Crippen molar-refractivity contribution in [2.45, 2.75) is 0 Å². The van der Waals surface area contributed by atoms with E-state index in [0.29, 0.717) is 14.6 Å². The van der Waals surface area contributed by atoms with Crippen molar-refractivity contribution < 1.29 is 9.50 Å². The third-order valence-electron chi connectivity index (χ3n) is 1.61. The summed E-state index contributed by atoms with van der Waals surface area (Å²) in [5.41, 5.74) is 0. The lowest BCUT2D eigenvalue weighted by atomic mass is 10.2. The van der Waals surface area contributed by atoms with E-state index in [1.807, 2.05) is 0 Å². The third-order valence-corrected chi connectivity index (χ3v) is 3.54. The highest BCUT2D eigenvalue weighted by atomic mass is 79.9. The number of aromatic hydroxyl groups is 1. The fourth-order valence-electron chi connectivity index (χ4n) is 1.06. The Kier molecular flexibility index (Phi) is 1.81. The van der Waals surface area contributed by atoms with Crippen LogP contribution in [0.1, 0.15) is 0 Å². The fourth-order valence-corrected chi connectivity index (χ4v) is 2.71. The van der Waals surface area contributed by atoms with Crippen LogP contribution in [-0.4, -0.2) is 5.11 Å². The van der Waals surface area contributed by atoms with Crippen molar-refractivity contribution >= 4 is 37.4 Å². The van der Waals surface area contributed by atoms with Crippen LogP contribution in [0.3, 0.4) is 0 Å². The van der Waals surface area contributed by atoms with Gasteiger partial charge in [0.2, 0.25) is 0 Å². The van der Waals surface area contributed by atoms with E-state index >= 15 is 0 Å². The first kappa shape index (κ1) is 8.01. The summed E-state index contributed by atoms with van der Waals surface area (Å²) in [5.74, 6) is -0.182. The molecule has 0 aliphatic carbocycles. The zero-order chi connectivity index (χ0) is 8.72. The molecule has 0 aliphatic rings. The molecular weight excluding hydrogens is 243 g/mol.